The number of hydrogen-bond acceptors (Lipinski definition) is 5. The molecular weight excluding hydrogens is 323 g/mol. The number of rotatable bonds is 7. The third kappa shape index (κ3) is 4.22. The van der Waals surface area contributed by atoms with Gasteiger partial charge in [-0.25, -0.2) is 4.39 Å². The number of halogens is 1. The Morgan fingerprint density at radius 1 is 1.44 bits per heavy atom. The van der Waals surface area contributed by atoms with Crippen molar-refractivity contribution >= 4 is 5.91 Å². The van der Waals surface area contributed by atoms with Crippen molar-refractivity contribution in [1.29, 1.82) is 0 Å². The number of benzene rings is 1. The first kappa shape index (κ1) is 17.5. The zero-order chi connectivity index (χ0) is 17.8. The van der Waals surface area contributed by atoms with Gasteiger partial charge in [-0.15, -0.1) is 0 Å². The molecule has 1 N–H and O–H groups in total. The molecule has 0 spiro atoms. The predicted molar refractivity (Wildman–Crippen MR) is 90.4 cm³/mol. The fourth-order valence-corrected chi connectivity index (χ4v) is 2.94. The number of hydrogen-bond donors (Lipinski definition) is 1. The Morgan fingerprint density at radius 2 is 2.24 bits per heavy atom. The molecule has 1 aromatic carbocycles. The molecule has 3 rings (SSSR count). The summed E-state index contributed by atoms with van der Waals surface area (Å²) in [7, 11) is 3.58. The van der Waals surface area contributed by atoms with Gasteiger partial charge in [-0.3, -0.25) is 9.69 Å². The Labute approximate surface area is 146 Å². The first-order valence-electron chi connectivity index (χ1n) is 8.56. The molecule has 1 saturated carbocycles. The lowest BCUT2D eigenvalue weighted by Gasteiger charge is -2.23. The minimum atomic E-state index is -0.550. The molecule has 134 valence electrons. The second-order valence-corrected chi connectivity index (χ2v) is 6.64. The summed E-state index contributed by atoms with van der Waals surface area (Å²) < 4.78 is 18.7. The highest BCUT2D eigenvalue weighted by molar-refractivity contribution is 5.83. The zero-order valence-corrected chi connectivity index (χ0v) is 14.5. The van der Waals surface area contributed by atoms with Gasteiger partial charge in [0.05, 0.1) is 0 Å². The lowest BCUT2D eigenvalue weighted by atomic mass is 9.85. The van der Waals surface area contributed by atoms with Crippen LogP contribution in [-0.2, 0) is 11.2 Å². The van der Waals surface area contributed by atoms with Crippen LogP contribution in [0.15, 0.2) is 28.8 Å². The molecule has 6 nitrogen and oxygen atoms in total. The molecule has 0 radical (unpaired) electrons. The summed E-state index contributed by atoms with van der Waals surface area (Å²) in [6.07, 6.45) is 3.93. The van der Waals surface area contributed by atoms with Crippen molar-refractivity contribution < 1.29 is 13.7 Å². The van der Waals surface area contributed by atoms with Crippen molar-refractivity contribution in [3.8, 4) is 0 Å². The number of amides is 1. The molecule has 0 saturated heterocycles. The Kier molecular flexibility index (Phi) is 5.43. The van der Waals surface area contributed by atoms with Gasteiger partial charge in [0.25, 0.3) is 0 Å². The van der Waals surface area contributed by atoms with Crippen LogP contribution in [0.2, 0.25) is 0 Å². The number of carbonyl (C=O) groups is 1. The molecule has 25 heavy (non-hydrogen) atoms. The number of carbonyl (C=O) groups excluding carboxylic acids is 1. The van der Waals surface area contributed by atoms with Crippen LogP contribution in [0.5, 0.6) is 0 Å². The molecule has 0 aliphatic heterocycles. The van der Waals surface area contributed by atoms with Crippen LogP contribution in [0.1, 0.15) is 48.5 Å². The number of aromatic nitrogens is 2. The van der Waals surface area contributed by atoms with Crippen LogP contribution in [-0.4, -0.2) is 41.6 Å². The van der Waals surface area contributed by atoms with Crippen molar-refractivity contribution in [3.63, 3.8) is 0 Å². The topological polar surface area (TPSA) is 71.3 Å². The summed E-state index contributed by atoms with van der Waals surface area (Å²) in [4.78, 5) is 18.7. The average Bonchev–Trinajstić information content (AvgIpc) is 2.93. The second kappa shape index (κ2) is 7.74. The Bertz CT molecular complexity index is 727. The van der Waals surface area contributed by atoms with Gasteiger partial charge >= 0.3 is 0 Å². The fourth-order valence-electron chi connectivity index (χ4n) is 2.94. The monoisotopic (exact) mass is 346 g/mol. The standard InChI is InChI=1S/C18H23FN4O2/c1-23(2)16(13-7-4-8-14(19)11-13)17(24)20-10-9-15-21-18(25-22-15)12-5-3-6-12/h4,7-8,11-12,16H,3,5-6,9-10H2,1-2H3,(H,20,24). The van der Waals surface area contributed by atoms with Crippen molar-refractivity contribution in [2.45, 2.75) is 37.6 Å². The lowest BCUT2D eigenvalue weighted by Crippen LogP contribution is -2.38. The molecule has 0 bridgehead atoms. The Hall–Kier alpha value is -2.28. The third-order valence-corrected chi connectivity index (χ3v) is 4.52. The lowest BCUT2D eigenvalue weighted by molar-refractivity contribution is -0.125. The average molecular weight is 346 g/mol. The maximum atomic E-state index is 13.5. The molecule has 1 atom stereocenters. The molecule has 1 aliphatic carbocycles. The van der Waals surface area contributed by atoms with Gasteiger partial charge in [0, 0.05) is 18.9 Å². The zero-order valence-electron chi connectivity index (χ0n) is 14.5. The molecule has 1 amide bonds. The van der Waals surface area contributed by atoms with Gasteiger partial charge in [0.2, 0.25) is 11.8 Å². The number of nitrogens with zero attached hydrogens (tertiary/aromatic N) is 3. The smallest absolute Gasteiger partial charge is 0.241 e. The second-order valence-electron chi connectivity index (χ2n) is 6.64. The van der Waals surface area contributed by atoms with E-state index in [1.807, 2.05) is 0 Å². The molecule has 1 aromatic heterocycles. The van der Waals surface area contributed by atoms with Gasteiger partial charge in [0.1, 0.15) is 11.9 Å². The first-order valence-corrected chi connectivity index (χ1v) is 8.56. The molecular formula is C18H23FN4O2. The molecule has 1 aliphatic rings. The quantitative estimate of drug-likeness (QED) is 0.834. The highest BCUT2D eigenvalue weighted by Gasteiger charge is 2.26. The van der Waals surface area contributed by atoms with E-state index in [1.165, 1.54) is 18.6 Å². The van der Waals surface area contributed by atoms with Gasteiger partial charge in [0.15, 0.2) is 5.82 Å². The summed E-state index contributed by atoms with van der Waals surface area (Å²) in [5, 5.41) is 6.84. The highest BCUT2D eigenvalue weighted by atomic mass is 19.1. The van der Waals surface area contributed by atoms with E-state index in [-0.39, 0.29) is 11.7 Å². The minimum Gasteiger partial charge on any atom is -0.354 e. The van der Waals surface area contributed by atoms with E-state index in [4.69, 9.17) is 4.52 Å². The molecule has 7 heteroatoms. The SMILES string of the molecule is CN(C)C(C(=O)NCCc1noc(C2CCC2)n1)c1cccc(F)c1. The number of likely N-dealkylation sites (N-methyl/N-ethyl adjacent to an activating group) is 1. The molecule has 2 aromatic rings. The van der Waals surface area contributed by atoms with E-state index in [1.54, 1.807) is 31.1 Å². The van der Waals surface area contributed by atoms with E-state index >= 15 is 0 Å². The maximum absolute atomic E-state index is 13.5. The van der Waals surface area contributed by atoms with Crippen molar-refractivity contribution in [2.24, 2.45) is 0 Å². The van der Waals surface area contributed by atoms with E-state index in [0.717, 1.165) is 12.8 Å². The Balaban J connectivity index is 1.55. The van der Waals surface area contributed by atoms with Crippen molar-refractivity contribution in [2.75, 3.05) is 20.6 Å². The van der Waals surface area contributed by atoms with E-state index in [0.29, 0.717) is 36.2 Å². The van der Waals surface area contributed by atoms with Crippen molar-refractivity contribution in [1.82, 2.24) is 20.4 Å². The molecule has 1 unspecified atom stereocenters. The summed E-state index contributed by atoms with van der Waals surface area (Å²) in [6, 6.07) is 5.55. The first-order chi connectivity index (χ1) is 12.0. The van der Waals surface area contributed by atoms with Gasteiger partial charge in [-0.2, -0.15) is 4.98 Å². The van der Waals surface area contributed by atoms with E-state index in [2.05, 4.69) is 15.5 Å². The summed E-state index contributed by atoms with van der Waals surface area (Å²) >= 11 is 0. The maximum Gasteiger partial charge on any atom is 0.241 e. The van der Waals surface area contributed by atoms with Crippen LogP contribution in [0.4, 0.5) is 4.39 Å². The summed E-state index contributed by atoms with van der Waals surface area (Å²) in [5.74, 6) is 1.18. The van der Waals surface area contributed by atoms with Crippen molar-refractivity contribution in [3.05, 3.63) is 47.4 Å². The van der Waals surface area contributed by atoms with Gasteiger partial charge in [-0.05, 0) is 44.6 Å². The predicted octanol–water partition coefficient (Wildman–Crippen LogP) is 2.44. The minimum absolute atomic E-state index is 0.182. The van der Waals surface area contributed by atoms with Gasteiger partial charge < -0.3 is 9.84 Å². The molecule has 1 fully saturated rings. The third-order valence-electron chi connectivity index (χ3n) is 4.52. The highest BCUT2D eigenvalue weighted by Crippen LogP contribution is 2.35. The van der Waals surface area contributed by atoms with Crippen LogP contribution in [0.25, 0.3) is 0 Å². The van der Waals surface area contributed by atoms with E-state index in [9.17, 15) is 9.18 Å². The Morgan fingerprint density at radius 3 is 2.88 bits per heavy atom. The van der Waals surface area contributed by atoms with Crippen LogP contribution in [0, 0.1) is 5.82 Å². The summed E-state index contributed by atoms with van der Waals surface area (Å²) in [5.41, 5.74) is 0.620. The van der Waals surface area contributed by atoms with E-state index < -0.39 is 6.04 Å². The molecule has 1 heterocycles. The van der Waals surface area contributed by atoms with Crippen LogP contribution >= 0.6 is 0 Å². The fraction of sp³-hybridized carbons (Fsp3) is 0.500. The largest absolute Gasteiger partial charge is 0.354 e. The number of nitrogens with one attached hydrogen (secondary N) is 1. The normalized spacial score (nSPS) is 15.8. The van der Waals surface area contributed by atoms with Crippen LogP contribution in [0.3, 0.4) is 0 Å². The summed E-state index contributed by atoms with van der Waals surface area (Å²) in [6.45, 7) is 0.405. The van der Waals surface area contributed by atoms with Gasteiger partial charge in [-0.1, -0.05) is 23.7 Å². The van der Waals surface area contributed by atoms with Crippen LogP contribution < -0.4 is 5.32 Å².